The van der Waals surface area contributed by atoms with Gasteiger partial charge in [0.15, 0.2) is 5.96 Å². The van der Waals surface area contributed by atoms with Crippen LogP contribution in [0.15, 0.2) is 4.99 Å². The van der Waals surface area contributed by atoms with Crippen LogP contribution in [0.3, 0.4) is 0 Å². The maximum absolute atomic E-state index is 11.5. The van der Waals surface area contributed by atoms with Gasteiger partial charge < -0.3 is 15.5 Å². The number of piperidine rings is 1. The van der Waals surface area contributed by atoms with Crippen molar-refractivity contribution in [3.05, 3.63) is 0 Å². The minimum absolute atomic E-state index is 0. The van der Waals surface area contributed by atoms with Gasteiger partial charge in [-0.15, -0.1) is 24.0 Å². The average Bonchev–Trinajstić information content (AvgIpc) is 3.43. The molecule has 0 spiro atoms. The summed E-state index contributed by atoms with van der Waals surface area (Å²) in [5, 5.41) is 6.17. The highest BCUT2D eigenvalue weighted by Gasteiger charge is 2.27. The lowest BCUT2D eigenvalue weighted by Crippen LogP contribution is -2.46. The third-order valence-electron chi connectivity index (χ3n) is 5.12. The van der Waals surface area contributed by atoms with E-state index in [9.17, 15) is 4.79 Å². The van der Waals surface area contributed by atoms with E-state index in [1.807, 2.05) is 0 Å². The van der Waals surface area contributed by atoms with Crippen LogP contribution in [0.1, 0.15) is 46.0 Å². The number of halogens is 1. The smallest absolute Gasteiger partial charge is 0.220 e. The monoisotopic (exact) mass is 465 g/mol. The molecule has 0 atom stereocenters. The lowest BCUT2D eigenvalue weighted by Gasteiger charge is -2.34. The molecule has 25 heavy (non-hydrogen) atoms. The van der Waals surface area contributed by atoms with Crippen LogP contribution in [0, 0.1) is 5.92 Å². The molecule has 0 aromatic carbocycles. The number of hydrogen-bond donors (Lipinski definition) is 2. The summed E-state index contributed by atoms with van der Waals surface area (Å²) in [6, 6.07) is 0.813. The fourth-order valence-corrected chi connectivity index (χ4v) is 3.46. The Balaban J connectivity index is 0.00000312. The number of carbonyl (C=O) groups excluding carboxylic acids is 1. The Morgan fingerprint density at radius 1 is 1.20 bits per heavy atom. The first kappa shape index (κ1) is 22.5. The highest BCUT2D eigenvalue weighted by molar-refractivity contribution is 14.0. The molecule has 146 valence electrons. The Kier molecular flexibility index (Phi) is 10.7. The first-order valence-corrected chi connectivity index (χ1v) is 9.65. The molecule has 6 nitrogen and oxygen atoms in total. The number of aliphatic imine (C=N–C) groups is 1. The van der Waals surface area contributed by atoms with Gasteiger partial charge in [-0.1, -0.05) is 6.92 Å². The van der Waals surface area contributed by atoms with Crippen LogP contribution in [0.4, 0.5) is 0 Å². The Labute approximate surface area is 170 Å². The quantitative estimate of drug-likeness (QED) is 0.327. The predicted molar refractivity (Wildman–Crippen MR) is 115 cm³/mol. The van der Waals surface area contributed by atoms with Gasteiger partial charge in [0, 0.05) is 45.7 Å². The summed E-state index contributed by atoms with van der Waals surface area (Å²) in [5.74, 6) is 1.71. The van der Waals surface area contributed by atoms with Crippen LogP contribution in [-0.4, -0.2) is 74.0 Å². The van der Waals surface area contributed by atoms with Crippen molar-refractivity contribution in [1.29, 1.82) is 0 Å². The summed E-state index contributed by atoms with van der Waals surface area (Å²) in [6.07, 6.45) is 5.51. The van der Waals surface area contributed by atoms with Crippen LogP contribution in [0.2, 0.25) is 0 Å². The average molecular weight is 465 g/mol. The van der Waals surface area contributed by atoms with E-state index in [1.54, 1.807) is 7.05 Å². The maximum Gasteiger partial charge on any atom is 0.220 e. The van der Waals surface area contributed by atoms with Crippen molar-refractivity contribution >= 4 is 35.8 Å². The van der Waals surface area contributed by atoms with Crippen LogP contribution in [0.5, 0.6) is 0 Å². The molecule has 0 bridgehead atoms. The number of nitrogens with one attached hydrogen (secondary N) is 2. The number of rotatable bonds is 8. The summed E-state index contributed by atoms with van der Waals surface area (Å²) in [4.78, 5) is 21.3. The fraction of sp³-hybridized carbons (Fsp3) is 0.889. The third-order valence-corrected chi connectivity index (χ3v) is 5.12. The van der Waals surface area contributed by atoms with Crippen LogP contribution >= 0.6 is 24.0 Å². The van der Waals surface area contributed by atoms with Gasteiger partial charge in [0.2, 0.25) is 5.91 Å². The Morgan fingerprint density at radius 3 is 2.40 bits per heavy atom. The molecule has 1 aliphatic heterocycles. The zero-order valence-corrected chi connectivity index (χ0v) is 18.4. The molecule has 0 aromatic heterocycles. The summed E-state index contributed by atoms with van der Waals surface area (Å²) in [6.45, 7) is 10.3. The molecule has 1 saturated carbocycles. The summed E-state index contributed by atoms with van der Waals surface area (Å²) in [5.41, 5.74) is 0. The number of carbonyl (C=O) groups is 1. The van der Waals surface area contributed by atoms with Gasteiger partial charge in [-0.05, 0) is 45.1 Å². The largest absolute Gasteiger partial charge is 0.359 e. The van der Waals surface area contributed by atoms with E-state index in [2.05, 4.69) is 34.3 Å². The van der Waals surface area contributed by atoms with Crippen molar-refractivity contribution < 1.29 is 4.79 Å². The van der Waals surface area contributed by atoms with E-state index in [4.69, 9.17) is 4.99 Å². The number of likely N-dealkylation sites (N-methyl/N-ethyl adjacent to an activating group) is 1. The molecular weight excluding hydrogens is 429 g/mol. The lowest BCUT2D eigenvalue weighted by molar-refractivity contribution is -0.121. The number of guanidine groups is 1. The van der Waals surface area contributed by atoms with E-state index in [0.29, 0.717) is 12.3 Å². The number of likely N-dealkylation sites (tertiary alicyclic amines) is 1. The highest BCUT2D eigenvalue weighted by atomic mass is 127. The van der Waals surface area contributed by atoms with Gasteiger partial charge in [0.1, 0.15) is 0 Å². The molecule has 2 N–H and O–H groups in total. The first-order valence-electron chi connectivity index (χ1n) is 9.65. The second kappa shape index (κ2) is 11.9. The molecule has 0 radical (unpaired) electrons. The molecule has 2 rings (SSSR count). The molecule has 1 heterocycles. The topological polar surface area (TPSA) is 60.0 Å². The van der Waals surface area contributed by atoms with Crippen molar-refractivity contribution in [3.8, 4) is 0 Å². The highest BCUT2D eigenvalue weighted by Crippen LogP contribution is 2.26. The second-order valence-electron chi connectivity index (χ2n) is 6.90. The van der Waals surface area contributed by atoms with Crippen LogP contribution in [-0.2, 0) is 4.79 Å². The molecule has 2 aliphatic rings. The molecule has 0 aromatic rings. The standard InChI is InChI=1S/C18H35N5O.HI/c1-4-20-18(21-10-13-22(5-2)16-6-7-16)23-11-8-15(9-12-23)14-17(24)19-3;/h15-16H,4-14H2,1-3H3,(H,19,24)(H,20,21);1H. The summed E-state index contributed by atoms with van der Waals surface area (Å²) >= 11 is 0. The SMILES string of the molecule is CCNC(=NCCN(CC)C1CC1)N1CCC(CC(=O)NC)CC1.I. The van der Waals surface area contributed by atoms with E-state index >= 15 is 0 Å². The van der Waals surface area contributed by atoms with Gasteiger partial charge in [0.25, 0.3) is 0 Å². The predicted octanol–water partition coefficient (Wildman–Crippen LogP) is 1.90. The third kappa shape index (κ3) is 7.68. The van der Waals surface area contributed by atoms with Crippen molar-refractivity contribution in [2.24, 2.45) is 10.9 Å². The zero-order valence-electron chi connectivity index (χ0n) is 16.1. The fourth-order valence-electron chi connectivity index (χ4n) is 3.46. The Morgan fingerprint density at radius 2 is 1.88 bits per heavy atom. The molecule has 1 amide bonds. The van der Waals surface area contributed by atoms with Crippen LogP contribution in [0.25, 0.3) is 0 Å². The van der Waals surface area contributed by atoms with E-state index in [0.717, 1.165) is 64.1 Å². The molecular formula is C18H36IN5O. The molecule has 7 heteroatoms. The number of nitrogens with zero attached hydrogens (tertiary/aromatic N) is 3. The van der Waals surface area contributed by atoms with E-state index < -0.39 is 0 Å². The van der Waals surface area contributed by atoms with Gasteiger partial charge in [-0.3, -0.25) is 14.7 Å². The minimum atomic E-state index is 0. The zero-order chi connectivity index (χ0) is 17.4. The van der Waals surface area contributed by atoms with Crippen molar-refractivity contribution in [2.45, 2.75) is 52.0 Å². The van der Waals surface area contributed by atoms with Gasteiger partial charge in [0.05, 0.1) is 6.54 Å². The Hall–Kier alpha value is -0.570. The molecule has 1 aliphatic carbocycles. The molecule has 0 unspecified atom stereocenters. The first-order chi connectivity index (χ1) is 11.7. The second-order valence-corrected chi connectivity index (χ2v) is 6.90. The summed E-state index contributed by atoms with van der Waals surface area (Å²) in [7, 11) is 1.72. The molecule has 2 fully saturated rings. The number of amides is 1. The van der Waals surface area contributed by atoms with E-state index in [1.165, 1.54) is 12.8 Å². The molecule has 1 saturated heterocycles. The van der Waals surface area contributed by atoms with Gasteiger partial charge in [-0.25, -0.2) is 0 Å². The van der Waals surface area contributed by atoms with Crippen molar-refractivity contribution in [2.75, 3.05) is 46.3 Å². The van der Waals surface area contributed by atoms with Crippen molar-refractivity contribution in [3.63, 3.8) is 0 Å². The van der Waals surface area contributed by atoms with Gasteiger partial charge in [-0.2, -0.15) is 0 Å². The normalized spacial score (nSPS) is 18.9. The minimum Gasteiger partial charge on any atom is -0.359 e. The Bertz CT molecular complexity index is 420. The summed E-state index contributed by atoms with van der Waals surface area (Å²) < 4.78 is 0. The van der Waals surface area contributed by atoms with Gasteiger partial charge >= 0.3 is 0 Å². The maximum atomic E-state index is 11.5. The van der Waals surface area contributed by atoms with Crippen LogP contribution < -0.4 is 10.6 Å². The van der Waals surface area contributed by atoms with E-state index in [-0.39, 0.29) is 29.9 Å². The lowest BCUT2D eigenvalue weighted by atomic mass is 9.93. The number of hydrogen-bond acceptors (Lipinski definition) is 3. The van der Waals surface area contributed by atoms with Crippen molar-refractivity contribution in [1.82, 2.24) is 20.4 Å².